The van der Waals surface area contributed by atoms with Crippen molar-refractivity contribution >= 4 is 21.6 Å². The highest BCUT2D eigenvalue weighted by Gasteiger charge is 2.23. The lowest BCUT2D eigenvalue weighted by Gasteiger charge is -2.35. The molecule has 0 amide bonds. The molecular weight excluding hydrogens is 448 g/mol. The largest absolute Gasteiger partial charge is 0.491 e. The van der Waals surface area contributed by atoms with Gasteiger partial charge < -0.3 is 14.4 Å². The van der Waals surface area contributed by atoms with Gasteiger partial charge in [0.1, 0.15) is 18.5 Å². The molecule has 1 saturated heterocycles. The molecule has 0 bridgehead atoms. The highest BCUT2D eigenvalue weighted by Crippen LogP contribution is 2.28. The Balaban J connectivity index is 1.10. The monoisotopic (exact) mass is 478 g/mol. The Kier molecular flexibility index (Phi) is 6.92. The van der Waals surface area contributed by atoms with Crippen molar-refractivity contribution in [2.75, 3.05) is 39.3 Å². The van der Waals surface area contributed by atoms with E-state index in [2.05, 4.69) is 32.1 Å². The van der Waals surface area contributed by atoms with Crippen LogP contribution in [0.15, 0.2) is 53.1 Å². The van der Waals surface area contributed by atoms with Crippen molar-refractivity contribution in [3.05, 3.63) is 64.8 Å². The SMILES string of the molecule is Cc1nc2cc(OC[C@H](O)CN3CCN(Cc4c(C)noc4-c4ccccc4)CC3)ccc2s1. The summed E-state index contributed by atoms with van der Waals surface area (Å²) >= 11 is 1.67. The number of aryl methyl sites for hydroxylation is 2. The molecule has 0 spiro atoms. The van der Waals surface area contributed by atoms with Crippen LogP contribution >= 0.6 is 11.3 Å². The second-order valence-corrected chi connectivity index (χ2v) is 10.1. The van der Waals surface area contributed by atoms with E-state index >= 15 is 0 Å². The minimum absolute atomic E-state index is 0.273. The van der Waals surface area contributed by atoms with E-state index in [0.717, 1.165) is 76.3 Å². The molecule has 2 aromatic carbocycles. The lowest BCUT2D eigenvalue weighted by Crippen LogP contribution is -2.48. The lowest BCUT2D eigenvalue weighted by atomic mass is 10.1. The van der Waals surface area contributed by atoms with E-state index in [9.17, 15) is 5.11 Å². The van der Waals surface area contributed by atoms with Crippen LogP contribution in [0.4, 0.5) is 0 Å². The molecule has 7 nitrogen and oxygen atoms in total. The fourth-order valence-corrected chi connectivity index (χ4v) is 5.21. The van der Waals surface area contributed by atoms with Gasteiger partial charge in [0.05, 0.1) is 20.9 Å². The number of hydrogen-bond acceptors (Lipinski definition) is 8. The average molecular weight is 479 g/mol. The smallest absolute Gasteiger partial charge is 0.171 e. The van der Waals surface area contributed by atoms with Gasteiger partial charge in [0.2, 0.25) is 0 Å². The molecular formula is C26H30N4O3S. The zero-order valence-corrected chi connectivity index (χ0v) is 20.4. The maximum atomic E-state index is 10.5. The predicted molar refractivity (Wildman–Crippen MR) is 134 cm³/mol. The normalized spacial score (nSPS) is 16.2. The number of hydrogen-bond donors (Lipinski definition) is 1. The van der Waals surface area contributed by atoms with Crippen LogP contribution < -0.4 is 4.74 Å². The van der Waals surface area contributed by atoms with E-state index in [4.69, 9.17) is 9.26 Å². The molecule has 1 aliphatic heterocycles. The minimum atomic E-state index is -0.538. The first-order chi connectivity index (χ1) is 16.5. The van der Waals surface area contributed by atoms with Crippen molar-refractivity contribution in [3.63, 3.8) is 0 Å². The fraction of sp³-hybridized carbons (Fsp3) is 0.385. The first-order valence-electron chi connectivity index (χ1n) is 11.7. The number of aromatic nitrogens is 2. The number of nitrogens with zero attached hydrogens (tertiary/aromatic N) is 4. The van der Waals surface area contributed by atoms with Crippen LogP contribution in [0.25, 0.3) is 21.5 Å². The standard InChI is InChI=1S/C26H30N4O3S/c1-18-23(26(33-28-18)20-6-4-3-5-7-20)16-30-12-10-29(11-13-30)15-21(31)17-32-22-8-9-25-24(14-22)27-19(2)34-25/h3-9,14,21,31H,10-13,15-17H2,1-2H3/t21-/m1/s1. The molecule has 1 atom stereocenters. The van der Waals surface area contributed by atoms with Crippen molar-refractivity contribution in [3.8, 4) is 17.1 Å². The molecule has 1 N–H and O–H groups in total. The number of rotatable bonds is 8. The topological polar surface area (TPSA) is 74.9 Å². The number of ether oxygens (including phenoxy) is 1. The summed E-state index contributed by atoms with van der Waals surface area (Å²) in [6.07, 6.45) is -0.538. The average Bonchev–Trinajstić information content (AvgIpc) is 3.40. The van der Waals surface area contributed by atoms with Crippen LogP contribution in [0.5, 0.6) is 5.75 Å². The quantitative estimate of drug-likeness (QED) is 0.408. The van der Waals surface area contributed by atoms with Crippen LogP contribution in [0.2, 0.25) is 0 Å². The third-order valence-electron chi connectivity index (χ3n) is 6.24. The summed E-state index contributed by atoms with van der Waals surface area (Å²) in [6, 6.07) is 16.1. The van der Waals surface area contributed by atoms with Gasteiger partial charge in [0.25, 0.3) is 0 Å². The van der Waals surface area contributed by atoms with Gasteiger partial charge >= 0.3 is 0 Å². The summed E-state index contributed by atoms with van der Waals surface area (Å²) < 4.78 is 12.6. The molecule has 5 rings (SSSR count). The third kappa shape index (κ3) is 5.31. The van der Waals surface area contributed by atoms with Gasteiger partial charge in [0.15, 0.2) is 5.76 Å². The highest BCUT2D eigenvalue weighted by atomic mass is 32.1. The Morgan fingerprint density at radius 1 is 1.06 bits per heavy atom. The molecule has 8 heteroatoms. The molecule has 0 aliphatic carbocycles. The number of piperazine rings is 1. The Morgan fingerprint density at radius 2 is 1.82 bits per heavy atom. The molecule has 0 saturated carbocycles. The van der Waals surface area contributed by atoms with Gasteiger partial charge in [0, 0.05) is 56.5 Å². The van der Waals surface area contributed by atoms with Crippen molar-refractivity contribution in [1.29, 1.82) is 0 Å². The summed E-state index contributed by atoms with van der Waals surface area (Å²) in [4.78, 5) is 9.24. The van der Waals surface area contributed by atoms with E-state index in [1.807, 2.05) is 50.2 Å². The Hall–Kier alpha value is -2.78. The van der Waals surface area contributed by atoms with E-state index < -0.39 is 6.10 Å². The third-order valence-corrected chi connectivity index (χ3v) is 7.20. The number of aliphatic hydroxyl groups excluding tert-OH is 1. The van der Waals surface area contributed by atoms with Gasteiger partial charge in [-0.1, -0.05) is 35.5 Å². The predicted octanol–water partition coefficient (Wildman–Crippen LogP) is 4.13. The van der Waals surface area contributed by atoms with Gasteiger partial charge in [-0.05, 0) is 26.0 Å². The number of fused-ring (bicyclic) bond motifs is 1. The Bertz CT molecular complexity index is 1230. The summed E-state index contributed by atoms with van der Waals surface area (Å²) in [7, 11) is 0. The number of benzene rings is 2. The first-order valence-corrected chi connectivity index (χ1v) is 12.5. The molecule has 2 aromatic heterocycles. The van der Waals surface area contributed by atoms with Gasteiger partial charge in [-0.25, -0.2) is 4.98 Å². The van der Waals surface area contributed by atoms with Crippen LogP contribution in [0, 0.1) is 13.8 Å². The van der Waals surface area contributed by atoms with Crippen molar-refractivity contribution < 1.29 is 14.4 Å². The van der Waals surface area contributed by atoms with Crippen LogP contribution in [-0.2, 0) is 6.54 Å². The minimum Gasteiger partial charge on any atom is -0.491 e. The molecule has 0 unspecified atom stereocenters. The number of aliphatic hydroxyl groups is 1. The second kappa shape index (κ2) is 10.2. The van der Waals surface area contributed by atoms with Gasteiger partial charge in [-0.15, -0.1) is 11.3 Å². The highest BCUT2D eigenvalue weighted by molar-refractivity contribution is 7.18. The molecule has 3 heterocycles. The van der Waals surface area contributed by atoms with E-state index in [1.54, 1.807) is 11.3 Å². The molecule has 1 fully saturated rings. The van der Waals surface area contributed by atoms with E-state index in [-0.39, 0.29) is 6.61 Å². The zero-order valence-electron chi connectivity index (χ0n) is 19.6. The van der Waals surface area contributed by atoms with Crippen LogP contribution in [0.3, 0.4) is 0 Å². The summed E-state index contributed by atoms with van der Waals surface area (Å²) in [5.41, 5.74) is 4.10. The second-order valence-electron chi connectivity index (χ2n) is 8.85. The maximum Gasteiger partial charge on any atom is 0.171 e. The Labute approximate surface area is 203 Å². The zero-order chi connectivity index (χ0) is 23.5. The number of thiazole rings is 1. The summed E-state index contributed by atoms with van der Waals surface area (Å²) in [5, 5.41) is 15.8. The van der Waals surface area contributed by atoms with E-state index in [0.29, 0.717) is 6.54 Å². The van der Waals surface area contributed by atoms with Crippen LogP contribution in [0.1, 0.15) is 16.3 Å². The summed E-state index contributed by atoms with van der Waals surface area (Å²) in [5.74, 6) is 1.61. The molecule has 178 valence electrons. The van der Waals surface area contributed by atoms with Gasteiger partial charge in [-0.3, -0.25) is 9.80 Å². The molecule has 34 heavy (non-hydrogen) atoms. The molecule has 4 aromatic rings. The first kappa shape index (κ1) is 23.0. The number of β-amino-alcohol motifs (C(OH)–C–C–N with tert-alkyl or cyclic N) is 1. The van der Waals surface area contributed by atoms with Gasteiger partial charge in [-0.2, -0.15) is 0 Å². The van der Waals surface area contributed by atoms with E-state index in [1.165, 1.54) is 0 Å². The van der Waals surface area contributed by atoms with Crippen LogP contribution in [-0.4, -0.2) is 70.5 Å². The van der Waals surface area contributed by atoms with Crippen molar-refractivity contribution in [1.82, 2.24) is 19.9 Å². The maximum absolute atomic E-state index is 10.5. The fourth-order valence-electron chi connectivity index (χ4n) is 4.40. The van der Waals surface area contributed by atoms with Crippen molar-refractivity contribution in [2.45, 2.75) is 26.5 Å². The lowest BCUT2D eigenvalue weighted by molar-refractivity contribution is 0.0446. The molecule has 1 aliphatic rings. The Morgan fingerprint density at radius 3 is 2.62 bits per heavy atom. The molecule has 0 radical (unpaired) electrons. The van der Waals surface area contributed by atoms with Crippen molar-refractivity contribution in [2.24, 2.45) is 0 Å². The summed E-state index contributed by atoms with van der Waals surface area (Å²) in [6.45, 7) is 9.40.